The van der Waals surface area contributed by atoms with Crippen molar-refractivity contribution >= 4 is 10.9 Å². The zero-order valence-electron chi connectivity index (χ0n) is 17.6. The third-order valence-corrected chi connectivity index (χ3v) is 6.93. The summed E-state index contributed by atoms with van der Waals surface area (Å²) in [7, 11) is 0. The van der Waals surface area contributed by atoms with Crippen LogP contribution in [0.3, 0.4) is 0 Å². The van der Waals surface area contributed by atoms with Crippen LogP contribution in [0.25, 0.3) is 10.9 Å². The summed E-state index contributed by atoms with van der Waals surface area (Å²) in [6.07, 6.45) is 17.5. The fourth-order valence-corrected chi connectivity index (χ4v) is 5.28. The Labute approximate surface area is 178 Å². The topological polar surface area (TPSA) is 71.4 Å². The molecule has 0 radical (unpaired) electrons. The van der Waals surface area contributed by atoms with Crippen molar-refractivity contribution in [3.8, 4) is 0 Å². The SMILES string of the molecule is C1=CC[C@H]([C@H](NCCc2c[nH]c3ccccc23)c2nnnn2C2CCCCC2)CC1. The van der Waals surface area contributed by atoms with Crippen molar-refractivity contribution in [1.29, 1.82) is 0 Å². The fraction of sp³-hybridized carbons (Fsp3) is 0.542. The summed E-state index contributed by atoms with van der Waals surface area (Å²) in [6.45, 7) is 0.921. The smallest absolute Gasteiger partial charge is 0.168 e. The van der Waals surface area contributed by atoms with Gasteiger partial charge in [-0.25, -0.2) is 4.68 Å². The van der Waals surface area contributed by atoms with Crippen LogP contribution in [-0.4, -0.2) is 31.7 Å². The predicted molar refractivity (Wildman–Crippen MR) is 119 cm³/mol. The van der Waals surface area contributed by atoms with E-state index in [-0.39, 0.29) is 6.04 Å². The zero-order chi connectivity index (χ0) is 20.2. The number of nitrogens with zero attached hydrogens (tertiary/aromatic N) is 4. The molecule has 2 aliphatic carbocycles. The molecular weight excluding hydrogens is 372 g/mol. The average molecular weight is 405 g/mol. The van der Waals surface area contributed by atoms with Crippen LogP contribution in [0.4, 0.5) is 0 Å². The highest BCUT2D eigenvalue weighted by molar-refractivity contribution is 5.83. The van der Waals surface area contributed by atoms with Crippen molar-refractivity contribution in [2.75, 3.05) is 6.54 Å². The first-order valence-electron chi connectivity index (χ1n) is 11.6. The summed E-state index contributed by atoms with van der Waals surface area (Å²) in [6, 6.07) is 9.20. The second-order valence-corrected chi connectivity index (χ2v) is 8.86. The van der Waals surface area contributed by atoms with Crippen LogP contribution in [0.15, 0.2) is 42.6 Å². The molecule has 3 aromatic rings. The summed E-state index contributed by atoms with van der Waals surface area (Å²) in [5, 5.41) is 18.3. The molecule has 0 spiro atoms. The number of allylic oxidation sites excluding steroid dienone is 2. The zero-order valence-corrected chi connectivity index (χ0v) is 17.6. The van der Waals surface area contributed by atoms with Crippen molar-refractivity contribution in [2.45, 2.75) is 69.9 Å². The van der Waals surface area contributed by atoms with Gasteiger partial charge in [-0.15, -0.1) is 5.10 Å². The van der Waals surface area contributed by atoms with Gasteiger partial charge in [-0.2, -0.15) is 0 Å². The number of rotatable bonds is 7. The third kappa shape index (κ3) is 4.06. The molecule has 6 heteroatoms. The normalized spacial score (nSPS) is 21.3. The van der Waals surface area contributed by atoms with Crippen molar-refractivity contribution in [2.24, 2.45) is 5.92 Å². The van der Waals surface area contributed by atoms with Crippen LogP contribution in [-0.2, 0) is 6.42 Å². The van der Waals surface area contributed by atoms with Gasteiger partial charge < -0.3 is 10.3 Å². The minimum absolute atomic E-state index is 0.206. The van der Waals surface area contributed by atoms with E-state index < -0.39 is 0 Å². The van der Waals surface area contributed by atoms with E-state index in [0.29, 0.717) is 12.0 Å². The molecule has 1 fully saturated rings. The molecule has 2 heterocycles. The highest BCUT2D eigenvalue weighted by atomic mass is 15.6. The lowest BCUT2D eigenvalue weighted by molar-refractivity contribution is 0.274. The van der Waals surface area contributed by atoms with E-state index in [2.05, 4.69) is 73.1 Å². The van der Waals surface area contributed by atoms with Crippen molar-refractivity contribution in [3.05, 3.63) is 54.0 Å². The molecule has 6 nitrogen and oxygen atoms in total. The largest absolute Gasteiger partial charge is 0.361 e. The molecule has 2 aliphatic rings. The van der Waals surface area contributed by atoms with Crippen LogP contribution in [0.1, 0.15) is 74.8 Å². The molecular formula is C24H32N6. The number of aromatic nitrogens is 5. The van der Waals surface area contributed by atoms with Gasteiger partial charge in [0.2, 0.25) is 0 Å². The second kappa shape index (κ2) is 9.13. The Hall–Kier alpha value is -2.47. The van der Waals surface area contributed by atoms with Gasteiger partial charge in [-0.05, 0) is 73.0 Å². The number of para-hydroxylation sites is 1. The molecule has 2 aromatic heterocycles. The molecule has 1 aromatic carbocycles. The summed E-state index contributed by atoms with van der Waals surface area (Å²) >= 11 is 0. The van der Waals surface area contributed by atoms with Gasteiger partial charge in [0.05, 0.1) is 12.1 Å². The van der Waals surface area contributed by atoms with E-state index in [1.807, 2.05) is 0 Å². The molecule has 30 heavy (non-hydrogen) atoms. The quantitative estimate of drug-likeness (QED) is 0.550. The first-order valence-corrected chi connectivity index (χ1v) is 11.6. The number of aromatic amines is 1. The van der Waals surface area contributed by atoms with Gasteiger partial charge in [0.1, 0.15) is 0 Å². The fourth-order valence-electron chi connectivity index (χ4n) is 5.28. The molecule has 158 valence electrons. The molecule has 1 saturated carbocycles. The minimum atomic E-state index is 0.206. The van der Waals surface area contributed by atoms with Gasteiger partial charge in [-0.1, -0.05) is 49.6 Å². The van der Waals surface area contributed by atoms with Gasteiger partial charge in [0.15, 0.2) is 5.82 Å². The summed E-state index contributed by atoms with van der Waals surface area (Å²) in [5.74, 6) is 1.59. The summed E-state index contributed by atoms with van der Waals surface area (Å²) in [4.78, 5) is 3.40. The number of H-pyrrole nitrogens is 1. The van der Waals surface area contributed by atoms with Gasteiger partial charge in [0, 0.05) is 17.1 Å². The lowest BCUT2D eigenvalue weighted by Crippen LogP contribution is -2.34. The minimum Gasteiger partial charge on any atom is -0.361 e. The standard InChI is InChI=1S/C24H32N6/c1-3-9-18(10-4-1)23(24-27-28-29-30(24)20-11-5-2-6-12-20)25-16-15-19-17-26-22-14-8-7-13-21(19)22/h1,3,7-8,13-14,17-18,20,23,25-26H,2,4-6,9-12,15-16H2/t18-,23-/m0/s1. The number of hydrogen-bond acceptors (Lipinski definition) is 4. The van der Waals surface area contributed by atoms with E-state index in [9.17, 15) is 0 Å². The maximum Gasteiger partial charge on any atom is 0.168 e. The number of nitrogens with one attached hydrogen (secondary N) is 2. The van der Waals surface area contributed by atoms with Crippen LogP contribution in [0, 0.1) is 5.92 Å². The Bertz CT molecular complexity index is 980. The van der Waals surface area contributed by atoms with E-state index in [1.165, 1.54) is 55.0 Å². The van der Waals surface area contributed by atoms with E-state index in [4.69, 9.17) is 0 Å². The molecule has 0 bridgehead atoms. The van der Waals surface area contributed by atoms with Crippen LogP contribution in [0.2, 0.25) is 0 Å². The van der Waals surface area contributed by atoms with E-state index >= 15 is 0 Å². The Morgan fingerprint density at radius 3 is 2.87 bits per heavy atom. The molecule has 0 aliphatic heterocycles. The number of tetrazole rings is 1. The Kier molecular flexibility index (Phi) is 5.93. The molecule has 2 atom stereocenters. The first kappa shape index (κ1) is 19.5. The molecule has 5 rings (SSSR count). The Morgan fingerprint density at radius 1 is 1.10 bits per heavy atom. The van der Waals surface area contributed by atoms with Crippen LogP contribution >= 0.6 is 0 Å². The van der Waals surface area contributed by atoms with Crippen molar-refractivity contribution < 1.29 is 0 Å². The Balaban J connectivity index is 1.34. The number of benzene rings is 1. The maximum atomic E-state index is 4.54. The van der Waals surface area contributed by atoms with Gasteiger partial charge in [-0.3, -0.25) is 0 Å². The lowest BCUT2D eigenvalue weighted by Gasteiger charge is -2.30. The monoisotopic (exact) mass is 404 g/mol. The van der Waals surface area contributed by atoms with Crippen LogP contribution < -0.4 is 5.32 Å². The number of hydrogen-bond donors (Lipinski definition) is 2. The lowest BCUT2D eigenvalue weighted by atomic mass is 9.86. The van der Waals surface area contributed by atoms with Crippen LogP contribution in [0.5, 0.6) is 0 Å². The van der Waals surface area contributed by atoms with E-state index in [0.717, 1.165) is 31.6 Å². The average Bonchev–Trinajstić information content (AvgIpc) is 3.45. The highest BCUT2D eigenvalue weighted by Crippen LogP contribution is 2.34. The number of fused-ring (bicyclic) bond motifs is 1. The maximum absolute atomic E-state index is 4.54. The van der Waals surface area contributed by atoms with Crippen molar-refractivity contribution in [3.63, 3.8) is 0 Å². The highest BCUT2D eigenvalue weighted by Gasteiger charge is 2.30. The van der Waals surface area contributed by atoms with Gasteiger partial charge in [0.25, 0.3) is 0 Å². The third-order valence-electron chi connectivity index (χ3n) is 6.93. The molecule has 0 saturated heterocycles. The Morgan fingerprint density at radius 2 is 2.00 bits per heavy atom. The second-order valence-electron chi connectivity index (χ2n) is 8.86. The summed E-state index contributed by atoms with van der Waals surface area (Å²) < 4.78 is 2.15. The molecule has 2 N–H and O–H groups in total. The van der Waals surface area contributed by atoms with E-state index in [1.54, 1.807) is 0 Å². The molecule has 0 unspecified atom stereocenters. The molecule has 0 amide bonds. The summed E-state index contributed by atoms with van der Waals surface area (Å²) in [5.41, 5.74) is 2.58. The first-order chi connectivity index (χ1) is 14.9. The predicted octanol–water partition coefficient (Wildman–Crippen LogP) is 4.89. The van der Waals surface area contributed by atoms with Crippen molar-refractivity contribution in [1.82, 2.24) is 30.5 Å². The van der Waals surface area contributed by atoms with Gasteiger partial charge >= 0.3 is 0 Å².